The van der Waals surface area contributed by atoms with Crippen LogP contribution in [-0.2, 0) is 19.2 Å². The lowest BCUT2D eigenvalue weighted by atomic mass is 10.2. The summed E-state index contributed by atoms with van der Waals surface area (Å²) >= 11 is 0. The summed E-state index contributed by atoms with van der Waals surface area (Å²) < 4.78 is 0. The number of aliphatic carboxylic acids is 3. The molecule has 0 aliphatic rings. The van der Waals surface area contributed by atoms with Gasteiger partial charge in [0, 0.05) is 6.42 Å². The van der Waals surface area contributed by atoms with Gasteiger partial charge in [0.2, 0.25) is 0 Å². The van der Waals surface area contributed by atoms with Gasteiger partial charge in [-0.05, 0) is 0 Å². The molecule has 0 spiro atoms. The molecular formula is C9H15NO7. The van der Waals surface area contributed by atoms with Gasteiger partial charge in [-0.2, -0.15) is 0 Å². The minimum atomic E-state index is -1.08. The molecule has 0 heterocycles. The highest BCUT2D eigenvalue weighted by Crippen LogP contribution is 1.88. The Morgan fingerprint density at radius 2 is 1.00 bits per heavy atom. The van der Waals surface area contributed by atoms with Crippen molar-refractivity contribution in [3.05, 3.63) is 0 Å². The van der Waals surface area contributed by atoms with Gasteiger partial charge >= 0.3 is 17.9 Å². The Morgan fingerprint density at radius 3 is 1.24 bits per heavy atom. The lowest BCUT2D eigenvalue weighted by Crippen LogP contribution is -2.14. The molecule has 0 saturated carbocycles. The minimum absolute atomic E-state index is 0.0475. The molecule has 8 heteroatoms. The Kier molecular flexibility index (Phi) is 10.8. The van der Waals surface area contributed by atoms with E-state index in [9.17, 15) is 19.2 Å². The first-order valence-electron chi connectivity index (χ1n) is 4.66. The van der Waals surface area contributed by atoms with Gasteiger partial charge < -0.3 is 21.1 Å². The SMILES string of the molecule is NCC(=O)CCC(=O)O.O=C(O)CCC(=O)O. The number of ketones is 1. The number of carbonyl (C=O) groups excluding carboxylic acids is 1. The molecule has 0 aromatic rings. The van der Waals surface area contributed by atoms with Crippen LogP contribution in [0.15, 0.2) is 0 Å². The van der Waals surface area contributed by atoms with Gasteiger partial charge in [-0.15, -0.1) is 0 Å². The van der Waals surface area contributed by atoms with Gasteiger partial charge in [-0.3, -0.25) is 19.2 Å². The number of nitrogens with two attached hydrogens (primary N) is 1. The number of hydrogen-bond acceptors (Lipinski definition) is 5. The third-order valence-corrected chi connectivity index (χ3v) is 1.40. The first-order valence-corrected chi connectivity index (χ1v) is 4.66. The van der Waals surface area contributed by atoms with Gasteiger partial charge in [0.15, 0.2) is 0 Å². The van der Waals surface area contributed by atoms with Crippen LogP contribution in [0.1, 0.15) is 25.7 Å². The van der Waals surface area contributed by atoms with Crippen molar-refractivity contribution in [2.75, 3.05) is 6.54 Å². The number of rotatable bonds is 7. The summed E-state index contributed by atoms with van der Waals surface area (Å²) in [6.07, 6.45) is -0.660. The Hall–Kier alpha value is -1.96. The Labute approximate surface area is 97.0 Å². The highest BCUT2D eigenvalue weighted by Gasteiger charge is 2.01. The lowest BCUT2D eigenvalue weighted by Gasteiger charge is -1.90. The molecule has 0 saturated heterocycles. The minimum Gasteiger partial charge on any atom is -0.481 e. The molecule has 0 fully saturated rings. The van der Waals surface area contributed by atoms with E-state index >= 15 is 0 Å². The Balaban J connectivity index is 0. The van der Waals surface area contributed by atoms with Crippen LogP contribution in [0.4, 0.5) is 0 Å². The highest BCUT2D eigenvalue weighted by molar-refractivity contribution is 5.83. The molecule has 0 radical (unpaired) electrons. The summed E-state index contributed by atoms with van der Waals surface area (Å²) in [6, 6.07) is 0. The molecule has 0 aliphatic carbocycles. The van der Waals surface area contributed by atoms with Crippen molar-refractivity contribution in [2.45, 2.75) is 25.7 Å². The number of hydrogen-bond donors (Lipinski definition) is 4. The van der Waals surface area contributed by atoms with Crippen molar-refractivity contribution in [3.8, 4) is 0 Å². The smallest absolute Gasteiger partial charge is 0.303 e. The maximum Gasteiger partial charge on any atom is 0.303 e. The highest BCUT2D eigenvalue weighted by atomic mass is 16.4. The van der Waals surface area contributed by atoms with Crippen molar-refractivity contribution < 1.29 is 34.5 Å². The average molecular weight is 249 g/mol. The summed E-state index contributed by atoms with van der Waals surface area (Å²) in [5.74, 6) is -3.32. The molecule has 5 N–H and O–H groups in total. The maximum atomic E-state index is 10.3. The second kappa shape index (κ2) is 10.6. The van der Waals surface area contributed by atoms with E-state index in [1.54, 1.807) is 0 Å². The standard InChI is InChI=1S/C5H9NO3.C4H6O4/c6-3-4(7)1-2-5(8)9;5-3(6)1-2-4(7)8/h1-3,6H2,(H,8,9);1-2H2,(H,5,6)(H,7,8). The fourth-order valence-corrected chi connectivity index (χ4v) is 0.562. The summed E-state index contributed by atoms with van der Waals surface area (Å²) in [5.41, 5.74) is 4.92. The molecular weight excluding hydrogens is 234 g/mol. The molecule has 0 aromatic carbocycles. The molecule has 0 aliphatic heterocycles. The van der Waals surface area contributed by atoms with Crippen molar-refractivity contribution in [2.24, 2.45) is 5.73 Å². The molecule has 98 valence electrons. The van der Waals surface area contributed by atoms with E-state index in [1.807, 2.05) is 0 Å². The largest absolute Gasteiger partial charge is 0.481 e. The fraction of sp³-hybridized carbons (Fsp3) is 0.556. The number of carbonyl (C=O) groups is 4. The van der Waals surface area contributed by atoms with Crippen LogP contribution in [-0.4, -0.2) is 45.6 Å². The molecule has 0 rings (SSSR count). The van der Waals surface area contributed by atoms with Crippen LogP contribution in [0, 0.1) is 0 Å². The van der Waals surface area contributed by atoms with E-state index in [1.165, 1.54) is 0 Å². The average Bonchev–Trinajstić information content (AvgIpc) is 2.23. The molecule has 0 bridgehead atoms. The molecule has 0 aromatic heterocycles. The first kappa shape index (κ1) is 17.4. The fourth-order valence-electron chi connectivity index (χ4n) is 0.562. The first-order chi connectivity index (χ1) is 7.79. The van der Waals surface area contributed by atoms with Crippen LogP contribution in [0.3, 0.4) is 0 Å². The lowest BCUT2D eigenvalue weighted by molar-refractivity contribution is -0.143. The van der Waals surface area contributed by atoms with E-state index in [4.69, 9.17) is 21.1 Å². The van der Waals surface area contributed by atoms with Crippen LogP contribution < -0.4 is 5.73 Å². The molecule has 0 amide bonds. The molecule has 0 unspecified atom stereocenters. The summed E-state index contributed by atoms with van der Waals surface area (Å²) in [4.78, 5) is 39.4. The van der Waals surface area contributed by atoms with E-state index in [-0.39, 0.29) is 38.0 Å². The predicted octanol–water partition coefficient (Wildman–Crippen LogP) is -0.685. The van der Waals surface area contributed by atoms with E-state index in [0.717, 1.165) is 0 Å². The predicted molar refractivity (Wildman–Crippen MR) is 55.4 cm³/mol. The molecule has 17 heavy (non-hydrogen) atoms. The summed E-state index contributed by atoms with van der Waals surface area (Å²) in [7, 11) is 0. The van der Waals surface area contributed by atoms with Gasteiger partial charge in [0.05, 0.1) is 25.8 Å². The zero-order valence-electron chi connectivity index (χ0n) is 9.09. The Bertz CT molecular complexity index is 273. The van der Waals surface area contributed by atoms with Crippen LogP contribution in [0.5, 0.6) is 0 Å². The van der Waals surface area contributed by atoms with Gasteiger partial charge in [0.25, 0.3) is 0 Å². The van der Waals surface area contributed by atoms with Gasteiger partial charge in [-0.25, -0.2) is 0 Å². The molecule has 8 nitrogen and oxygen atoms in total. The monoisotopic (exact) mass is 249 g/mol. The topological polar surface area (TPSA) is 155 Å². The Morgan fingerprint density at radius 1 is 0.706 bits per heavy atom. The number of carboxylic acid groups (broad SMARTS) is 3. The van der Waals surface area contributed by atoms with E-state index in [2.05, 4.69) is 0 Å². The summed E-state index contributed by atoms with van der Waals surface area (Å²) in [5, 5.41) is 23.9. The van der Waals surface area contributed by atoms with Crippen LogP contribution >= 0.6 is 0 Å². The van der Waals surface area contributed by atoms with Crippen LogP contribution in [0.2, 0.25) is 0 Å². The zero-order valence-corrected chi connectivity index (χ0v) is 9.09. The second-order valence-corrected chi connectivity index (χ2v) is 2.92. The number of carboxylic acids is 3. The second-order valence-electron chi connectivity index (χ2n) is 2.92. The van der Waals surface area contributed by atoms with Crippen LogP contribution in [0.25, 0.3) is 0 Å². The third-order valence-electron chi connectivity index (χ3n) is 1.40. The maximum absolute atomic E-state index is 10.3. The zero-order chi connectivity index (χ0) is 13.8. The van der Waals surface area contributed by atoms with E-state index in [0.29, 0.717) is 0 Å². The van der Waals surface area contributed by atoms with Crippen molar-refractivity contribution in [1.29, 1.82) is 0 Å². The summed E-state index contributed by atoms with van der Waals surface area (Å²) in [6.45, 7) is -0.0622. The normalized spacial score (nSPS) is 8.76. The van der Waals surface area contributed by atoms with Crippen molar-refractivity contribution in [1.82, 2.24) is 0 Å². The van der Waals surface area contributed by atoms with Gasteiger partial charge in [-0.1, -0.05) is 0 Å². The van der Waals surface area contributed by atoms with Gasteiger partial charge in [0.1, 0.15) is 5.78 Å². The van der Waals surface area contributed by atoms with E-state index < -0.39 is 17.9 Å². The molecule has 0 atom stereocenters. The quantitative estimate of drug-likeness (QED) is 0.462. The van der Waals surface area contributed by atoms with Crippen molar-refractivity contribution in [3.63, 3.8) is 0 Å². The third kappa shape index (κ3) is 20.2. The number of Topliss-reactive ketones (excluding diaryl/α,β-unsaturated/α-hetero) is 1. The van der Waals surface area contributed by atoms with Crippen molar-refractivity contribution >= 4 is 23.7 Å².